The summed E-state index contributed by atoms with van der Waals surface area (Å²) in [7, 11) is 1.48. The van der Waals surface area contributed by atoms with Gasteiger partial charge in [0.25, 0.3) is 0 Å². The molecule has 2 N–H and O–H groups in total. The van der Waals surface area contributed by atoms with Crippen molar-refractivity contribution in [1.82, 2.24) is 4.90 Å². The van der Waals surface area contributed by atoms with Gasteiger partial charge in [-0.3, -0.25) is 0 Å². The Morgan fingerprint density at radius 2 is 2.21 bits per heavy atom. The second-order valence-electron chi connectivity index (χ2n) is 5.93. The van der Waals surface area contributed by atoms with Gasteiger partial charge >= 0.3 is 5.97 Å². The van der Waals surface area contributed by atoms with E-state index in [4.69, 9.17) is 4.74 Å². The fourth-order valence-corrected chi connectivity index (χ4v) is 4.47. The van der Waals surface area contributed by atoms with Crippen LogP contribution in [0.1, 0.15) is 31.9 Å². The Morgan fingerprint density at radius 1 is 1.46 bits per heavy atom. The van der Waals surface area contributed by atoms with E-state index in [1.54, 1.807) is 36.9 Å². The Labute approximate surface area is 144 Å². The molecule has 0 aliphatic carbocycles. The van der Waals surface area contributed by atoms with Crippen LogP contribution in [0.5, 0.6) is 11.5 Å². The molecule has 0 spiro atoms. The maximum Gasteiger partial charge on any atom is 0.335 e. The van der Waals surface area contributed by atoms with Gasteiger partial charge in [-0.15, -0.1) is 0 Å². The molecule has 3 rings (SSSR count). The molecule has 0 radical (unpaired) electrons. The van der Waals surface area contributed by atoms with E-state index in [-0.39, 0.29) is 17.4 Å². The molecule has 6 nitrogen and oxygen atoms in total. The van der Waals surface area contributed by atoms with E-state index < -0.39 is 12.0 Å². The Bertz CT molecular complexity index is 744. The van der Waals surface area contributed by atoms with E-state index in [2.05, 4.69) is 11.9 Å². The monoisotopic (exact) mass is 348 g/mol. The van der Waals surface area contributed by atoms with Crippen molar-refractivity contribution in [1.29, 1.82) is 0 Å². The summed E-state index contributed by atoms with van der Waals surface area (Å²) in [5, 5.41) is 20.7. The molecular formula is C17H20N2O4S. The first-order valence-corrected chi connectivity index (χ1v) is 8.73. The third kappa shape index (κ3) is 2.73. The van der Waals surface area contributed by atoms with Crippen molar-refractivity contribution in [3.05, 3.63) is 35.0 Å². The summed E-state index contributed by atoms with van der Waals surface area (Å²) in [5.41, 5.74) is 1.47. The Kier molecular flexibility index (Phi) is 4.45. The minimum Gasteiger partial charge on any atom is -0.504 e. The van der Waals surface area contributed by atoms with Gasteiger partial charge in [0.2, 0.25) is 0 Å². The van der Waals surface area contributed by atoms with E-state index in [1.165, 1.54) is 7.11 Å². The van der Waals surface area contributed by atoms with Crippen LogP contribution in [0.2, 0.25) is 0 Å². The van der Waals surface area contributed by atoms with E-state index in [0.717, 1.165) is 17.3 Å². The largest absolute Gasteiger partial charge is 0.504 e. The maximum atomic E-state index is 11.9. The number of carbonyl (C=O) groups is 1. The molecule has 1 aromatic carbocycles. The van der Waals surface area contributed by atoms with Gasteiger partial charge in [0.05, 0.1) is 24.4 Å². The first kappa shape index (κ1) is 16.7. The van der Waals surface area contributed by atoms with E-state index in [9.17, 15) is 15.0 Å². The molecule has 0 saturated carbocycles. The van der Waals surface area contributed by atoms with E-state index in [1.807, 2.05) is 4.90 Å². The van der Waals surface area contributed by atoms with Gasteiger partial charge in [0.15, 0.2) is 16.7 Å². The molecule has 24 heavy (non-hydrogen) atoms. The molecule has 1 saturated heterocycles. The number of allylic oxidation sites excluding steroid dienone is 1. The first-order valence-electron chi connectivity index (χ1n) is 7.74. The van der Waals surface area contributed by atoms with Gasteiger partial charge < -0.3 is 19.8 Å². The van der Waals surface area contributed by atoms with Gasteiger partial charge in [0.1, 0.15) is 0 Å². The lowest BCUT2D eigenvalue weighted by molar-refractivity contribution is -0.133. The van der Waals surface area contributed by atoms with Crippen LogP contribution >= 0.6 is 11.8 Å². The average molecular weight is 348 g/mol. The van der Waals surface area contributed by atoms with Crippen molar-refractivity contribution in [2.24, 2.45) is 4.99 Å². The molecule has 2 unspecified atom stereocenters. The van der Waals surface area contributed by atoms with Crippen molar-refractivity contribution in [2.75, 3.05) is 12.9 Å². The van der Waals surface area contributed by atoms with Crippen LogP contribution in [0, 0.1) is 0 Å². The summed E-state index contributed by atoms with van der Waals surface area (Å²) in [4.78, 5) is 18.4. The number of benzene rings is 1. The zero-order chi connectivity index (χ0) is 17.4. The number of aromatic hydroxyl groups is 1. The number of nitrogens with zero attached hydrogens (tertiary/aromatic N) is 2. The zero-order valence-electron chi connectivity index (χ0n) is 13.8. The molecule has 7 heteroatoms. The number of phenols is 1. The lowest BCUT2D eigenvalue weighted by Gasteiger charge is -2.44. The fourth-order valence-electron chi connectivity index (χ4n) is 3.19. The number of amidine groups is 1. The molecule has 2 aliphatic heterocycles. The highest BCUT2D eigenvalue weighted by Gasteiger charge is 2.40. The molecule has 0 aromatic heterocycles. The van der Waals surface area contributed by atoms with Gasteiger partial charge in [0, 0.05) is 11.8 Å². The zero-order valence-corrected chi connectivity index (χ0v) is 14.6. The molecular weight excluding hydrogens is 328 g/mol. The van der Waals surface area contributed by atoms with Crippen LogP contribution in [0.25, 0.3) is 0 Å². The number of carboxylic acid groups (broad SMARTS) is 1. The number of carboxylic acids is 1. The average Bonchev–Trinajstić information content (AvgIpc) is 2.53. The number of aliphatic imine (C=N–C) groups is 1. The molecule has 0 bridgehead atoms. The van der Waals surface area contributed by atoms with Gasteiger partial charge in [-0.25, -0.2) is 9.79 Å². The Hall–Kier alpha value is -2.15. The van der Waals surface area contributed by atoms with E-state index in [0.29, 0.717) is 17.0 Å². The van der Waals surface area contributed by atoms with Crippen molar-refractivity contribution >= 4 is 22.9 Å². The number of hydrogen-bond donors (Lipinski definition) is 2. The van der Waals surface area contributed by atoms with Crippen LogP contribution in [-0.2, 0) is 4.79 Å². The summed E-state index contributed by atoms with van der Waals surface area (Å²) in [6.07, 6.45) is 0.953. The number of rotatable bonds is 3. The molecule has 1 fully saturated rings. The number of thioether (sulfide) groups is 1. The molecule has 2 aliphatic rings. The predicted molar refractivity (Wildman–Crippen MR) is 93.5 cm³/mol. The second-order valence-corrected chi connectivity index (χ2v) is 6.99. The standard InChI is InChI=1S/C17H20N2O4S/c1-9-6-7-24-17-18-10(2)14(16(21)22)15(19(9)17)11-4-5-13(23-3)12(20)8-11/h4-5,8-9,15,20H,6-7H2,1-3H3,(H,21,22). The highest BCUT2D eigenvalue weighted by atomic mass is 32.2. The number of methoxy groups -OCH3 is 1. The van der Waals surface area contributed by atoms with Crippen LogP contribution in [0.3, 0.4) is 0 Å². The minimum absolute atomic E-state index is 0.00114. The lowest BCUT2D eigenvalue weighted by Crippen LogP contribution is -2.47. The summed E-state index contributed by atoms with van der Waals surface area (Å²) < 4.78 is 5.09. The quantitative estimate of drug-likeness (QED) is 0.874. The second kappa shape index (κ2) is 6.39. The SMILES string of the molecule is COc1ccc(C2C(C(=O)O)=C(C)N=C3SCCC(C)N32)cc1O. The smallest absolute Gasteiger partial charge is 0.335 e. The van der Waals surface area contributed by atoms with Crippen molar-refractivity contribution in [3.8, 4) is 11.5 Å². The van der Waals surface area contributed by atoms with Gasteiger partial charge in [-0.1, -0.05) is 17.8 Å². The summed E-state index contributed by atoms with van der Waals surface area (Å²) in [6, 6.07) is 4.73. The number of hydrogen-bond acceptors (Lipinski definition) is 6. The van der Waals surface area contributed by atoms with Crippen LogP contribution < -0.4 is 4.74 Å². The molecule has 2 heterocycles. The fraction of sp³-hybridized carbons (Fsp3) is 0.412. The van der Waals surface area contributed by atoms with Crippen molar-refractivity contribution in [2.45, 2.75) is 32.4 Å². The summed E-state index contributed by atoms with van der Waals surface area (Å²) in [5.74, 6) is 0.339. The van der Waals surface area contributed by atoms with Crippen LogP contribution in [-0.4, -0.2) is 45.2 Å². The molecule has 1 aromatic rings. The third-order valence-corrected chi connectivity index (χ3v) is 5.42. The number of fused-ring (bicyclic) bond motifs is 1. The summed E-state index contributed by atoms with van der Waals surface area (Å²) >= 11 is 1.64. The van der Waals surface area contributed by atoms with E-state index >= 15 is 0 Å². The number of phenolic OH excluding ortho intramolecular Hbond substituents is 1. The topological polar surface area (TPSA) is 82.4 Å². The van der Waals surface area contributed by atoms with Crippen molar-refractivity contribution < 1.29 is 19.7 Å². The first-order chi connectivity index (χ1) is 11.4. The lowest BCUT2D eigenvalue weighted by atomic mass is 9.92. The Morgan fingerprint density at radius 3 is 2.83 bits per heavy atom. The highest BCUT2D eigenvalue weighted by Crippen LogP contribution is 2.43. The normalized spacial score (nSPS) is 23.6. The highest BCUT2D eigenvalue weighted by molar-refractivity contribution is 8.13. The van der Waals surface area contributed by atoms with Crippen molar-refractivity contribution in [3.63, 3.8) is 0 Å². The van der Waals surface area contributed by atoms with Crippen LogP contribution in [0.15, 0.2) is 34.5 Å². The predicted octanol–water partition coefficient (Wildman–Crippen LogP) is 3.00. The maximum absolute atomic E-state index is 11.9. The summed E-state index contributed by atoms with van der Waals surface area (Å²) in [6.45, 7) is 3.80. The van der Waals surface area contributed by atoms with Crippen LogP contribution in [0.4, 0.5) is 0 Å². The Balaban J connectivity index is 2.15. The number of ether oxygens (including phenoxy) is 1. The molecule has 2 atom stereocenters. The third-order valence-electron chi connectivity index (χ3n) is 4.42. The number of aliphatic carboxylic acids is 1. The molecule has 0 amide bonds. The molecule has 128 valence electrons. The van der Waals surface area contributed by atoms with Gasteiger partial charge in [-0.2, -0.15) is 0 Å². The van der Waals surface area contributed by atoms with Gasteiger partial charge in [-0.05, 0) is 38.0 Å². The minimum atomic E-state index is -0.988.